The number of nitrogens with zero attached hydrogens (tertiary/aromatic N) is 3. The first kappa shape index (κ1) is 17.7. The zero-order valence-electron chi connectivity index (χ0n) is 15.5. The molecule has 2 heterocycles. The lowest BCUT2D eigenvalue weighted by Crippen LogP contribution is -2.33. The summed E-state index contributed by atoms with van der Waals surface area (Å²) in [4.78, 5) is 20.0. The third kappa shape index (κ3) is 3.71. The first-order valence-corrected chi connectivity index (χ1v) is 9.47. The zero-order valence-corrected chi connectivity index (χ0v) is 15.5. The van der Waals surface area contributed by atoms with Gasteiger partial charge in [-0.25, -0.2) is 4.98 Å². The van der Waals surface area contributed by atoms with E-state index in [0.717, 1.165) is 35.9 Å². The predicted octanol–water partition coefficient (Wildman–Crippen LogP) is 3.40. The van der Waals surface area contributed by atoms with Crippen LogP contribution in [0.2, 0.25) is 0 Å². The minimum atomic E-state index is -0.0205. The monoisotopic (exact) mass is 364 g/mol. The highest BCUT2D eigenvalue weighted by Crippen LogP contribution is 2.40. The van der Waals surface area contributed by atoms with Gasteiger partial charge in [-0.1, -0.05) is 35.5 Å². The van der Waals surface area contributed by atoms with Gasteiger partial charge >= 0.3 is 0 Å². The number of rotatable bonds is 7. The van der Waals surface area contributed by atoms with Crippen LogP contribution in [0.1, 0.15) is 52.5 Å². The van der Waals surface area contributed by atoms with E-state index in [9.17, 15) is 4.79 Å². The van der Waals surface area contributed by atoms with Crippen LogP contribution in [0.5, 0.6) is 0 Å². The minimum absolute atomic E-state index is 0.0205. The summed E-state index contributed by atoms with van der Waals surface area (Å²) < 4.78 is 5.39. The average Bonchev–Trinajstić information content (AvgIpc) is 3.48. The molecule has 0 saturated heterocycles. The van der Waals surface area contributed by atoms with E-state index in [0.29, 0.717) is 42.5 Å². The molecule has 140 valence electrons. The number of amides is 1. The highest BCUT2D eigenvalue weighted by atomic mass is 16.5. The number of pyridine rings is 1. The van der Waals surface area contributed by atoms with Crippen LogP contribution in [-0.2, 0) is 6.54 Å². The van der Waals surface area contributed by atoms with Crippen LogP contribution in [0, 0.1) is 6.92 Å². The number of fused-ring (bicyclic) bond motifs is 1. The van der Waals surface area contributed by atoms with Crippen LogP contribution >= 0.6 is 0 Å². The molecule has 3 aromatic rings. The minimum Gasteiger partial charge on any atom is -0.336 e. The molecule has 27 heavy (non-hydrogen) atoms. The van der Waals surface area contributed by atoms with Crippen LogP contribution in [0.4, 0.5) is 0 Å². The molecule has 1 fully saturated rings. The number of hydrogen-bond donors (Lipinski definition) is 1. The molecule has 2 N–H and O–H groups in total. The Morgan fingerprint density at radius 3 is 2.78 bits per heavy atom. The summed E-state index contributed by atoms with van der Waals surface area (Å²) in [6.45, 7) is 3.55. The van der Waals surface area contributed by atoms with Gasteiger partial charge in [0.05, 0.1) is 16.6 Å². The SMILES string of the molecule is Cc1noc2nc(C3CC3)cc(C(=O)N(CCCN)Cc3ccccc3)c12. The first-order valence-electron chi connectivity index (χ1n) is 9.47. The summed E-state index contributed by atoms with van der Waals surface area (Å²) in [7, 11) is 0. The van der Waals surface area contributed by atoms with Gasteiger partial charge in [0.25, 0.3) is 11.6 Å². The van der Waals surface area contributed by atoms with E-state index in [2.05, 4.69) is 10.1 Å². The van der Waals surface area contributed by atoms with Gasteiger partial charge in [0.15, 0.2) is 0 Å². The normalized spacial score (nSPS) is 13.9. The molecule has 0 spiro atoms. The molecule has 4 rings (SSSR count). The summed E-state index contributed by atoms with van der Waals surface area (Å²) >= 11 is 0. The highest BCUT2D eigenvalue weighted by molar-refractivity contribution is 6.06. The van der Waals surface area contributed by atoms with Crippen molar-refractivity contribution in [1.29, 1.82) is 0 Å². The molecular weight excluding hydrogens is 340 g/mol. The van der Waals surface area contributed by atoms with E-state index < -0.39 is 0 Å². The van der Waals surface area contributed by atoms with Gasteiger partial charge in [-0.3, -0.25) is 4.79 Å². The maximum Gasteiger partial charge on any atom is 0.259 e. The molecule has 2 aromatic heterocycles. The second-order valence-electron chi connectivity index (χ2n) is 7.17. The number of benzene rings is 1. The molecule has 1 aliphatic rings. The number of aromatic nitrogens is 2. The Hall–Kier alpha value is -2.73. The molecule has 0 atom stereocenters. The van der Waals surface area contributed by atoms with Gasteiger partial charge < -0.3 is 15.2 Å². The van der Waals surface area contributed by atoms with Gasteiger partial charge in [0.1, 0.15) is 0 Å². The zero-order chi connectivity index (χ0) is 18.8. The largest absolute Gasteiger partial charge is 0.336 e. The standard InChI is InChI=1S/C21H24N4O2/c1-14-19-17(12-18(16-8-9-16)23-20(19)27-24-14)21(26)25(11-5-10-22)13-15-6-3-2-4-7-15/h2-4,6-7,12,16H,5,8-11,13,22H2,1H3. The lowest BCUT2D eigenvalue weighted by atomic mass is 10.1. The molecule has 1 saturated carbocycles. The Labute approximate surface area is 158 Å². The smallest absolute Gasteiger partial charge is 0.259 e. The Bertz CT molecular complexity index is 947. The number of hydrogen-bond acceptors (Lipinski definition) is 5. The summed E-state index contributed by atoms with van der Waals surface area (Å²) in [5.41, 5.74) is 9.52. The van der Waals surface area contributed by atoms with Gasteiger partial charge in [-0.2, -0.15) is 0 Å². The van der Waals surface area contributed by atoms with Crippen molar-refractivity contribution in [3.63, 3.8) is 0 Å². The molecule has 0 aliphatic heterocycles. The van der Waals surface area contributed by atoms with Crippen molar-refractivity contribution in [1.82, 2.24) is 15.0 Å². The van der Waals surface area contributed by atoms with Crippen LogP contribution in [-0.4, -0.2) is 34.0 Å². The Balaban J connectivity index is 1.72. The predicted molar refractivity (Wildman–Crippen MR) is 103 cm³/mol. The first-order chi connectivity index (χ1) is 13.2. The fourth-order valence-electron chi connectivity index (χ4n) is 3.38. The quantitative estimate of drug-likeness (QED) is 0.694. The number of carbonyl (C=O) groups excluding carboxylic acids is 1. The topological polar surface area (TPSA) is 85.2 Å². The van der Waals surface area contributed by atoms with E-state index in [1.807, 2.05) is 48.2 Å². The lowest BCUT2D eigenvalue weighted by molar-refractivity contribution is 0.0744. The van der Waals surface area contributed by atoms with Crippen LogP contribution in [0.25, 0.3) is 11.1 Å². The van der Waals surface area contributed by atoms with Crippen molar-refractivity contribution >= 4 is 17.0 Å². The van der Waals surface area contributed by atoms with E-state index in [-0.39, 0.29) is 5.91 Å². The van der Waals surface area contributed by atoms with E-state index in [1.54, 1.807) is 0 Å². The van der Waals surface area contributed by atoms with Gasteiger partial charge in [0.2, 0.25) is 0 Å². The van der Waals surface area contributed by atoms with Crippen LogP contribution < -0.4 is 5.73 Å². The van der Waals surface area contributed by atoms with Crippen LogP contribution in [0.3, 0.4) is 0 Å². The molecule has 0 radical (unpaired) electrons. The van der Waals surface area contributed by atoms with Crippen molar-refractivity contribution in [2.45, 2.75) is 38.6 Å². The molecule has 1 aliphatic carbocycles. The lowest BCUT2D eigenvalue weighted by Gasteiger charge is -2.23. The summed E-state index contributed by atoms with van der Waals surface area (Å²) in [6.07, 6.45) is 2.98. The van der Waals surface area contributed by atoms with E-state index in [4.69, 9.17) is 10.3 Å². The fraction of sp³-hybridized carbons (Fsp3) is 0.381. The second kappa shape index (κ2) is 7.48. The van der Waals surface area contributed by atoms with Gasteiger partial charge in [-0.05, 0) is 44.4 Å². The van der Waals surface area contributed by atoms with E-state index in [1.165, 1.54) is 0 Å². The Kier molecular flexibility index (Phi) is 4.90. The third-order valence-electron chi connectivity index (χ3n) is 5.00. The van der Waals surface area contributed by atoms with Gasteiger partial charge in [0, 0.05) is 24.7 Å². The van der Waals surface area contributed by atoms with Crippen LogP contribution in [0.15, 0.2) is 40.9 Å². The summed E-state index contributed by atoms with van der Waals surface area (Å²) in [5.74, 6) is 0.408. The molecule has 1 amide bonds. The van der Waals surface area contributed by atoms with Crippen molar-refractivity contribution in [2.24, 2.45) is 5.73 Å². The molecule has 6 nitrogen and oxygen atoms in total. The van der Waals surface area contributed by atoms with Crippen molar-refractivity contribution in [2.75, 3.05) is 13.1 Å². The van der Waals surface area contributed by atoms with Crippen molar-refractivity contribution in [3.8, 4) is 0 Å². The number of carbonyl (C=O) groups is 1. The fourth-order valence-corrected chi connectivity index (χ4v) is 3.38. The van der Waals surface area contributed by atoms with E-state index >= 15 is 0 Å². The Morgan fingerprint density at radius 1 is 1.30 bits per heavy atom. The number of aryl methyl sites for hydroxylation is 1. The van der Waals surface area contributed by atoms with Crippen molar-refractivity contribution < 1.29 is 9.32 Å². The van der Waals surface area contributed by atoms with Gasteiger partial charge in [-0.15, -0.1) is 0 Å². The molecule has 1 aromatic carbocycles. The second-order valence-corrected chi connectivity index (χ2v) is 7.17. The maximum absolute atomic E-state index is 13.5. The third-order valence-corrected chi connectivity index (χ3v) is 5.00. The molecule has 0 bridgehead atoms. The number of nitrogens with two attached hydrogens (primary N) is 1. The highest BCUT2D eigenvalue weighted by Gasteiger charge is 2.29. The Morgan fingerprint density at radius 2 is 2.07 bits per heavy atom. The molecule has 6 heteroatoms. The summed E-state index contributed by atoms with van der Waals surface area (Å²) in [5, 5.41) is 4.75. The van der Waals surface area contributed by atoms with Crippen molar-refractivity contribution in [3.05, 3.63) is 58.9 Å². The molecule has 0 unspecified atom stereocenters. The maximum atomic E-state index is 13.5. The average molecular weight is 364 g/mol. The molecular formula is C21H24N4O2. The summed E-state index contributed by atoms with van der Waals surface area (Å²) in [6, 6.07) is 12.0.